The first-order chi connectivity index (χ1) is 10.1. The molecule has 0 atom stereocenters. The predicted octanol–water partition coefficient (Wildman–Crippen LogP) is 4.99. The molecule has 2 nitrogen and oxygen atoms in total. The molecule has 1 N–H and O–H groups in total. The highest BCUT2D eigenvalue weighted by Crippen LogP contribution is 2.25. The van der Waals surface area contributed by atoms with Crippen molar-refractivity contribution in [1.82, 2.24) is 0 Å². The van der Waals surface area contributed by atoms with Crippen molar-refractivity contribution in [2.24, 2.45) is 0 Å². The summed E-state index contributed by atoms with van der Waals surface area (Å²) in [6.45, 7) is 0. The molecule has 0 unspecified atom stereocenters. The summed E-state index contributed by atoms with van der Waals surface area (Å²) in [4.78, 5) is 12.4. The molecule has 3 aromatic carbocycles. The Hall–Kier alpha value is -2.20. The van der Waals surface area contributed by atoms with Gasteiger partial charge in [-0.2, -0.15) is 0 Å². The van der Waals surface area contributed by atoms with Gasteiger partial charge in [0.1, 0.15) is 5.82 Å². The Morgan fingerprint density at radius 2 is 1.76 bits per heavy atom. The molecule has 0 saturated heterocycles. The van der Waals surface area contributed by atoms with Gasteiger partial charge in [-0.25, -0.2) is 4.39 Å². The van der Waals surface area contributed by atoms with Crippen LogP contribution in [-0.2, 0) is 0 Å². The van der Waals surface area contributed by atoms with Crippen LogP contribution in [0.1, 0.15) is 10.4 Å². The van der Waals surface area contributed by atoms with Crippen LogP contribution >= 0.6 is 15.9 Å². The fourth-order valence-corrected chi connectivity index (χ4v) is 2.55. The summed E-state index contributed by atoms with van der Waals surface area (Å²) in [6.07, 6.45) is 0. The van der Waals surface area contributed by atoms with E-state index in [1.165, 1.54) is 12.1 Å². The second-order valence-electron chi connectivity index (χ2n) is 4.61. The van der Waals surface area contributed by atoms with Gasteiger partial charge in [-0.15, -0.1) is 0 Å². The van der Waals surface area contributed by atoms with Gasteiger partial charge in [-0.05, 0) is 51.0 Å². The number of carbonyl (C=O) groups excluding carboxylic acids is 1. The number of nitrogens with one attached hydrogen (secondary N) is 1. The van der Waals surface area contributed by atoms with Gasteiger partial charge in [0, 0.05) is 10.0 Å². The minimum Gasteiger partial charge on any atom is -0.321 e. The highest BCUT2D eigenvalue weighted by Gasteiger charge is 2.11. The second-order valence-corrected chi connectivity index (χ2v) is 5.46. The Balaban J connectivity index is 1.99. The third-order valence-electron chi connectivity index (χ3n) is 3.21. The Kier molecular flexibility index (Phi) is 3.71. The standard InChI is InChI=1S/C17H11BrFNO/c18-15-9-8-12(19)10-16(15)20-17(21)14-7-3-5-11-4-1-2-6-13(11)14/h1-10H,(H,20,21). The van der Waals surface area contributed by atoms with Crippen molar-refractivity contribution in [3.63, 3.8) is 0 Å². The molecule has 3 aromatic rings. The van der Waals surface area contributed by atoms with Gasteiger partial charge in [0.2, 0.25) is 0 Å². The number of amides is 1. The molecule has 0 spiro atoms. The summed E-state index contributed by atoms with van der Waals surface area (Å²) in [5.41, 5.74) is 0.970. The van der Waals surface area contributed by atoms with Crippen LogP contribution in [0.4, 0.5) is 10.1 Å². The molecule has 3 rings (SSSR count). The van der Waals surface area contributed by atoms with Crippen LogP contribution in [0, 0.1) is 5.82 Å². The van der Waals surface area contributed by atoms with E-state index in [2.05, 4.69) is 21.2 Å². The topological polar surface area (TPSA) is 29.1 Å². The number of carbonyl (C=O) groups is 1. The largest absolute Gasteiger partial charge is 0.321 e. The first kappa shape index (κ1) is 13.8. The number of benzene rings is 3. The molecule has 4 heteroatoms. The minimum atomic E-state index is -0.397. The molecular formula is C17H11BrFNO. The molecule has 104 valence electrons. The molecule has 0 bridgehead atoms. The lowest BCUT2D eigenvalue weighted by molar-refractivity contribution is 0.102. The second kappa shape index (κ2) is 5.66. The third kappa shape index (κ3) is 2.81. The summed E-state index contributed by atoms with van der Waals surface area (Å²) >= 11 is 3.30. The van der Waals surface area contributed by atoms with Gasteiger partial charge in [-0.1, -0.05) is 36.4 Å². The van der Waals surface area contributed by atoms with Crippen LogP contribution in [0.5, 0.6) is 0 Å². The van der Waals surface area contributed by atoms with E-state index in [0.717, 1.165) is 10.8 Å². The number of rotatable bonds is 2. The van der Waals surface area contributed by atoms with E-state index < -0.39 is 5.82 Å². The molecule has 1 amide bonds. The van der Waals surface area contributed by atoms with Crippen molar-refractivity contribution in [3.05, 3.63) is 76.5 Å². The third-order valence-corrected chi connectivity index (χ3v) is 3.90. The average molecular weight is 344 g/mol. The molecule has 0 heterocycles. The molecule has 0 fully saturated rings. The fraction of sp³-hybridized carbons (Fsp3) is 0. The number of hydrogen-bond donors (Lipinski definition) is 1. The zero-order valence-corrected chi connectivity index (χ0v) is 12.5. The van der Waals surface area contributed by atoms with Crippen LogP contribution in [0.25, 0.3) is 10.8 Å². The number of hydrogen-bond acceptors (Lipinski definition) is 1. The van der Waals surface area contributed by atoms with Crippen molar-refractivity contribution in [1.29, 1.82) is 0 Å². The zero-order valence-electron chi connectivity index (χ0n) is 10.9. The van der Waals surface area contributed by atoms with Gasteiger partial charge in [0.25, 0.3) is 5.91 Å². The monoisotopic (exact) mass is 343 g/mol. The van der Waals surface area contributed by atoms with Crippen molar-refractivity contribution in [3.8, 4) is 0 Å². The Morgan fingerprint density at radius 3 is 2.62 bits per heavy atom. The average Bonchev–Trinajstić information content (AvgIpc) is 2.50. The van der Waals surface area contributed by atoms with E-state index in [-0.39, 0.29) is 5.91 Å². The normalized spacial score (nSPS) is 10.6. The highest BCUT2D eigenvalue weighted by atomic mass is 79.9. The van der Waals surface area contributed by atoms with Gasteiger partial charge in [0.15, 0.2) is 0 Å². The fourth-order valence-electron chi connectivity index (χ4n) is 2.21. The van der Waals surface area contributed by atoms with Crippen LogP contribution < -0.4 is 5.32 Å². The maximum atomic E-state index is 13.3. The Bertz CT molecular complexity index is 827. The maximum absolute atomic E-state index is 13.3. The molecule has 0 aliphatic carbocycles. The van der Waals surface area contributed by atoms with E-state index in [1.807, 2.05) is 36.4 Å². The number of fused-ring (bicyclic) bond motifs is 1. The lowest BCUT2D eigenvalue weighted by Crippen LogP contribution is -2.12. The molecule has 21 heavy (non-hydrogen) atoms. The van der Waals surface area contributed by atoms with E-state index >= 15 is 0 Å². The van der Waals surface area contributed by atoms with Gasteiger partial charge < -0.3 is 5.32 Å². The van der Waals surface area contributed by atoms with Gasteiger partial charge in [0.05, 0.1) is 5.69 Å². The SMILES string of the molecule is O=C(Nc1cc(F)ccc1Br)c1cccc2ccccc12. The summed E-state index contributed by atoms with van der Waals surface area (Å²) in [5, 5.41) is 4.59. The first-order valence-corrected chi connectivity index (χ1v) is 7.18. The van der Waals surface area contributed by atoms with E-state index in [9.17, 15) is 9.18 Å². The lowest BCUT2D eigenvalue weighted by Gasteiger charge is -2.09. The van der Waals surface area contributed by atoms with E-state index in [4.69, 9.17) is 0 Å². The van der Waals surface area contributed by atoms with Crippen molar-refractivity contribution in [2.45, 2.75) is 0 Å². The first-order valence-electron chi connectivity index (χ1n) is 6.39. The van der Waals surface area contributed by atoms with Gasteiger partial charge >= 0.3 is 0 Å². The van der Waals surface area contributed by atoms with Crippen molar-refractivity contribution < 1.29 is 9.18 Å². The Labute approximate surface area is 129 Å². The van der Waals surface area contributed by atoms with Crippen LogP contribution in [-0.4, -0.2) is 5.91 Å². The molecule has 0 aliphatic rings. The Morgan fingerprint density at radius 1 is 1.00 bits per heavy atom. The zero-order chi connectivity index (χ0) is 14.8. The highest BCUT2D eigenvalue weighted by molar-refractivity contribution is 9.10. The summed E-state index contributed by atoms with van der Waals surface area (Å²) in [5.74, 6) is -0.662. The molecular weight excluding hydrogens is 333 g/mol. The summed E-state index contributed by atoms with van der Waals surface area (Å²) < 4.78 is 13.9. The van der Waals surface area contributed by atoms with Crippen LogP contribution in [0.2, 0.25) is 0 Å². The number of halogens is 2. The lowest BCUT2D eigenvalue weighted by atomic mass is 10.0. The van der Waals surface area contributed by atoms with Crippen LogP contribution in [0.3, 0.4) is 0 Å². The molecule has 0 aliphatic heterocycles. The summed E-state index contributed by atoms with van der Waals surface area (Å²) in [7, 11) is 0. The quantitative estimate of drug-likeness (QED) is 0.697. The maximum Gasteiger partial charge on any atom is 0.256 e. The smallest absolute Gasteiger partial charge is 0.256 e. The van der Waals surface area contributed by atoms with E-state index in [1.54, 1.807) is 12.1 Å². The minimum absolute atomic E-state index is 0.266. The number of anilines is 1. The molecule has 0 radical (unpaired) electrons. The van der Waals surface area contributed by atoms with Crippen molar-refractivity contribution in [2.75, 3.05) is 5.32 Å². The molecule has 0 saturated carbocycles. The summed E-state index contributed by atoms with van der Waals surface area (Å²) in [6, 6.07) is 17.4. The van der Waals surface area contributed by atoms with Gasteiger partial charge in [-0.3, -0.25) is 4.79 Å². The van der Waals surface area contributed by atoms with E-state index in [0.29, 0.717) is 15.7 Å². The molecule has 0 aromatic heterocycles. The van der Waals surface area contributed by atoms with Crippen LogP contribution in [0.15, 0.2) is 65.1 Å². The van der Waals surface area contributed by atoms with Crippen molar-refractivity contribution >= 4 is 38.3 Å². The predicted molar refractivity (Wildman–Crippen MR) is 86.0 cm³/mol.